The molecule has 10 rings (SSSR count). The first kappa shape index (κ1) is 39.5. The summed E-state index contributed by atoms with van der Waals surface area (Å²) in [5.41, 5.74) is 16.3. The molecule has 1 N–H and O–H groups in total. The lowest BCUT2D eigenvalue weighted by Gasteiger charge is -2.26. The Kier molecular flexibility index (Phi) is 10.1. The highest BCUT2D eigenvalue weighted by Gasteiger charge is 2.25. The molecule has 2 heterocycles. The van der Waals surface area contributed by atoms with Gasteiger partial charge in [0.2, 0.25) is 0 Å². The number of hydrogen-bond donors (Lipinski definition) is 1. The molecule has 0 aliphatic carbocycles. The summed E-state index contributed by atoms with van der Waals surface area (Å²) in [4.78, 5) is 10.3. The van der Waals surface area contributed by atoms with Crippen LogP contribution in [0.3, 0.4) is 0 Å². The summed E-state index contributed by atoms with van der Waals surface area (Å²) in [6.45, 7) is 10.7. The van der Waals surface area contributed by atoms with Crippen molar-refractivity contribution in [1.29, 1.82) is 0 Å². The number of nitrogens with zero attached hydrogens (tertiary/aromatic N) is 3. The molecular formula is C63H55N3O. The second kappa shape index (κ2) is 17.2. The van der Waals surface area contributed by atoms with Crippen LogP contribution in [0, 0.1) is 6.85 Å². The molecule has 0 bridgehead atoms. The van der Waals surface area contributed by atoms with Crippen molar-refractivity contribution in [3.8, 4) is 89.7 Å². The number of benzene rings is 8. The normalized spacial score (nSPS) is 12.7. The molecule has 2 aromatic heterocycles. The van der Waals surface area contributed by atoms with Crippen molar-refractivity contribution in [1.82, 2.24) is 14.5 Å². The Bertz CT molecular complexity index is 3540. The molecule has 0 saturated carbocycles. The molecule has 10 aromatic rings. The smallest absolute Gasteiger partial charge is 0.149 e. The fraction of sp³-hybridized carbons (Fsp3) is 0.143. The van der Waals surface area contributed by atoms with Crippen LogP contribution in [-0.2, 0) is 10.8 Å². The van der Waals surface area contributed by atoms with Gasteiger partial charge in [-0.3, -0.25) is 9.55 Å². The van der Waals surface area contributed by atoms with E-state index in [1.54, 1.807) is 12.1 Å². The maximum Gasteiger partial charge on any atom is 0.149 e. The molecule has 4 nitrogen and oxygen atoms in total. The van der Waals surface area contributed by atoms with Gasteiger partial charge in [-0.1, -0.05) is 181 Å². The first-order chi connectivity index (χ1) is 33.5. The number of para-hydroxylation sites is 2. The van der Waals surface area contributed by atoms with Gasteiger partial charge < -0.3 is 5.11 Å². The number of fused-ring (bicyclic) bond motifs is 1. The van der Waals surface area contributed by atoms with Gasteiger partial charge >= 0.3 is 0 Å². The minimum absolute atomic E-state index is 0.0388. The molecule has 0 fully saturated rings. The largest absolute Gasteiger partial charge is 0.507 e. The molecule has 0 atom stereocenters. The quantitative estimate of drug-likeness (QED) is 0.165. The van der Waals surface area contributed by atoms with Gasteiger partial charge in [0.15, 0.2) is 0 Å². The third-order valence-corrected chi connectivity index (χ3v) is 12.8. The van der Waals surface area contributed by atoms with Crippen molar-refractivity contribution < 1.29 is 9.22 Å². The van der Waals surface area contributed by atoms with Crippen LogP contribution in [-0.4, -0.2) is 19.6 Å². The minimum Gasteiger partial charge on any atom is -0.507 e. The Hall–Kier alpha value is -7.82. The summed E-state index contributed by atoms with van der Waals surface area (Å²) in [5, 5.41) is 11.5. The molecular weight excluding hydrogens is 815 g/mol. The van der Waals surface area contributed by atoms with Crippen LogP contribution >= 0.6 is 0 Å². The standard InChI is InChI=1S/C63H55N3O/c1-41-36-47(59-51(45-20-12-9-13-21-45)23-16-25-54(59)63(5,6)7)32-33-56(41)66-57-26-17-24-52(60(57)65-61(66)53-22-14-15-27-58(53)67)48-37-49(39-50(38-48)62(2,3)4)55-40-46(34-35-64-55)44-30-28-43(29-31-44)42-18-10-8-11-19-42/h8-40,67H,1-7H3/i1D3. The van der Waals surface area contributed by atoms with E-state index >= 15 is 0 Å². The highest BCUT2D eigenvalue weighted by molar-refractivity contribution is 5.97. The van der Waals surface area contributed by atoms with Crippen molar-refractivity contribution in [2.24, 2.45) is 0 Å². The summed E-state index contributed by atoms with van der Waals surface area (Å²) in [6.07, 6.45) is 1.87. The van der Waals surface area contributed by atoms with Crippen LogP contribution in [0.15, 0.2) is 200 Å². The zero-order valence-electron chi connectivity index (χ0n) is 41.8. The number of aryl methyl sites for hydroxylation is 1. The average Bonchev–Trinajstić information content (AvgIpc) is 3.75. The highest BCUT2D eigenvalue weighted by atomic mass is 16.3. The van der Waals surface area contributed by atoms with Gasteiger partial charge in [-0.25, -0.2) is 4.98 Å². The number of hydrogen-bond acceptors (Lipinski definition) is 3. The molecule has 0 saturated heterocycles. The Morgan fingerprint density at radius 3 is 1.79 bits per heavy atom. The van der Waals surface area contributed by atoms with Gasteiger partial charge in [-0.05, 0) is 139 Å². The van der Waals surface area contributed by atoms with Crippen LogP contribution < -0.4 is 0 Å². The number of pyridine rings is 1. The summed E-state index contributed by atoms with van der Waals surface area (Å²) < 4.78 is 29.3. The minimum atomic E-state index is -2.53. The number of rotatable bonds is 8. The van der Waals surface area contributed by atoms with E-state index in [-0.39, 0.29) is 22.1 Å². The van der Waals surface area contributed by atoms with Gasteiger partial charge in [0.1, 0.15) is 11.6 Å². The predicted molar refractivity (Wildman–Crippen MR) is 281 cm³/mol. The number of phenolic OH excluding ortho intramolecular Hbond substituents is 1. The van der Waals surface area contributed by atoms with Gasteiger partial charge in [-0.2, -0.15) is 0 Å². The van der Waals surface area contributed by atoms with E-state index < -0.39 is 6.85 Å². The first-order valence-electron chi connectivity index (χ1n) is 24.5. The topological polar surface area (TPSA) is 50.9 Å². The molecule has 0 spiro atoms. The maximum atomic E-state index is 11.5. The fourth-order valence-corrected chi connectivity index (χ4v) is 9.27. The van der Waals surface area contributed by atoms with E-state index in [9.17, 15) is 5.11 Å². The van der Waals surface area contributed by atoms with Gasteiger partial charge in [0.25, 0.3) is 0 Å². The van der Waals surface area contributed by atoms with Crippen molar-refractivity contribution in [3.05, 3.63) is 217 Å². The van der Waals surface area contributed by atoms with Crippen molar-refractivity contribution in [2.45, 2.75) is 59.2 Å². The van der Waals surface area contributed by atoms with E-state index in [1.807, 2.05) is 77.5 Å². The molecule has 4 heteroatoms. The molecule has 0 aliphatic rings. The van der Waals surface area contributed by atoms with Gasteiger partial charge in [0, 0.05) is 21.4 Å². The van der Waals surface area contributed by atoms with Crippen LogP contribution in [0.2, 0.25) is 0 Å². The summed E-state index contributed by atoms with van der Waals surface area (Å²) in [5.74, 6) is 0.468. The lowest BCUT2D eigenvalue weighted by Crippen LogP contribution is -2.13. The Morgan fingerprint density at radius 2 is 1.09 bits per heavy atom. The number of imidazole rings is 1. The van der Waals surface area contributed by atoms with Crippen molar-refractivity contribution in [3.63, 3.8) is 0 Å². The summed E-state index contributed by atoms with van der Waals surface area (Å²) >= 11 is 0. The van der Waals surface area contributed by atoms with Crippen molar-refractivity contribution >= 4 is 11.0 Å². The highest BCUT2D eigenvalue weighted by Crippen LogP contribution is 2.44. The number of aromatic nitrogens is 3. The third kappa shape index (κ3) is 8.36. The van der Waals surface area contributed by atoms with Crippen LogP contribution in [0.5, 0.6) is 5.75 Å². The predicted octanol–water partition coefficient (Wildman–Crippen LogP) is 16.7. The number of phenols is 1. The molecule has 67 heavy (non-hydrogen) atoms. The second-order valence-corrected chi connectivity index (χ2v) is 19.5. The van der Waals surface area contributed by atoms with Crippen molar-refractivity contribution in [2.75, 3.05) is 0 Å². The molecule has 8 aromatic carbocycles. The average molecular weight is 873 g/mol. The number of aromatic hydroxyl groups is 1. The third-order valence-electron chi connectivity index (χ3n) is 12.8. The zero-order chi connectivity index (χ0) is 49.0. The Morgan fingerprint density at radius 1 is 0.478 bits per heavy atom. The maximum absolute atomic E-state index is 11.5. The Labute approximate surface area is 399 Å². The summed E-state index contributed by atoms with van der Waals surface area (Å²) in [7, 11) is 0. The molecule has 0 radical (unpaired) electrons. The van der Waals surface area contributed by atoms with E-state index in [4.69, 9.17) is 14.1 Å². The van der Waals surface area contributed by atoms with Crippen LogP contribution in [0.25, 0.3) is 95.0 Å². The van der Waals surface area contributed by atoms with E-state index in [0.29, 0.717) is 28.1 Å². The van der Waals surface area contributed by atoms with E-state index in [1.165, 1.54) is 5.56 Å². The second-order valence-electron chi connectivity index (χ2n) is 19.5. The van der Waals surface area contributed by atoms with Crippen LogP contribution in [0.1, 0.15) is 62.3 Å². The van der Waals surface area contributed by atoms with E-state index in [2.05, 4.69) is 157 Å². The first-order valence-corrected chi connectivity index (χ1v) is 23.0. The fourth-order valence-electron chi connectivity index (χ4n) is 9.27. The zero-order valence-corrected chi connectivity index (χ0v) is 38.8. The van der Waals surface area contributed by atoms with E-state index in [0.717, 1.165) is 72.5 Å². The molecule has 0 amide bonds. The monoisotopic (exact) mass is 872 g/mol. The molecule has 0 aliphatic heterocycles. The lowest BCUT2D eigenvalue weighted by molar-refractivity contribution is 0.477. The lowest BCUT2D eigenvalue weighted by atomic mass is 9.78. The molecule has 0 unspecified atom stereocenters. The Balaban J connectivity index is 1.16. The molecule has 328 valence electrons. The van der Waals surface area contributed by atoms with Gasteiger partial charge in [-0.15, -0.1) is 0 Å². The summed E-state index contributed by atoms with van der Waals surface area (Å²) in [6, 6.07) is 65.4. The SMILES string of the molecule is [2H]C([2H])([2H])c1cc(-c2c(-c3ccccc3)cccc2C(C)(C)C)ccc1-n1c(-c2ccccc2O)nc2c(-c3cc(-c4cc(-c5ccc(-c6ccccc6)cc5)ccn4)cc(C(C)(C)C)c3)cccc21. The van der Waals surface area contributed by atoms with Crippen LogP contribution in [0.4, 0.5) is 0 Å². The van der Waals surface area contributed by atoms with Gasteiger partial charge in [0.05, 0.1) is 28.0 Å².